The molecule has 4 nitrogen and oxygen atoms in total. The van der Waals surface area contributed by atoms with E-state index in [4.69, 9.17) is 0 Å². The maximum absolute atomic E-state index is 12.0. The van der Waals surface area contributed by atoms with Gasteiger partial charge in [0.1, 0.15) is 0 Å². The molecule has 0 bridgehead atoms. The lowest BCUT2D eigenvalue weighted by Gasteiger charge is -2.10. The normalized spacial score (nSPS) is 10.2. The van der Waals surface area contributed by atoms with Crippen molar-refractivity contribution >= 4 is 33.2 Å². The van der Waals surface area contributed by atoms with Gasteiger partial charge in [0, 0.05) is 42.1 Å². The molecule has 1 aromatic heterocycles. The van der Waals surface area contributed by atoms with E-state index in [9.17, 15) is 4.79 Å². The summed E-state index contributed by atoms with van der Waals surface area (Å²) in [4.78, 5) is 14.0. The minimum Gasteiger partial charge on any atom is -0.377 e. The zero-order valence-corrected chi connectivity index (χ0v) is 13.1. The molecule has 0 unspecified atom stereocenters. The first kappa shape index (κ1) is 14.5. The lowest BCUT2D eigenvalue weighted by Crippen LogP contribution is -2.39. The number of aromatic nitrogens is 1. The Morgan fingerprint density at radius 3 is 2.55 bits per heavy atom. The molecule has 0 fully saturated rings. The van der Waals surface area contributed by atoms with Gasteiger partial charge in [-0.2, -0.15) is 4.57 Å². The van der Waals surface area contributed by atoms with Gasteiger partial charge in [-0.1, -0.05) is 22.0 Å². The van der Waals surface area contributed by atoms with Crippen molar-refractivity contribution in [1.29, 1.82) is 0 Å². The molecule has 0 radical (unpaired) electrons. The quantitative estimate of drug-likeness (QED) is 0.872. The predicted molar refractivity (Wildman–Crippen MR) is 83.7 cm³/mol. The lowest BCUT2D eigenvalue weighted by atomic mass is 10.3. The molecule has 0 aliphatic heterocycles. The average Bonchev–Trinajstić information content (AvgIpc) is 2.39. The zero-order valence-electron chi connectivity index (χ0n) is 11.5. The van der Waals surface area contributed by atoms with Gasteiger partial charge in [0.2, 0.25) is 6.54 Å². The second kappa shape index (κ2) is 6.52. The van der Waals surface area contributed by atoms with E-state index in [0.29, 0.717) is 6.54 Å². The molecular weight excluding hydrogens is 318 g/mol. The highest BCUT2D eigenvalue weighted by molar-refractivity contribution is 9.10. The summed E-state index contributed by atoms with van der Waals surface area (Å²) in [6.07, 6.45) is 3.80. The summed E-state index contributed by atoms with van der Waals surface area (Å²) >= 11 is 3.38. The molecule has 2 rings (SSSR count). The Kier molecular flexibility index (Phi) is 4.74. The molecular formula is C15H17BrN3O+. The van der Waals surface area contributed by atoms with Crippen molar-refractivity contribution in [2.24, 2.45) is 0 Å². The van der Waals surface area contributed by atoms with Crippen LogP contribution in [0.25, 0.3) is 0 Å². The van der Waals surface area contributed by atoms with Crippen LogP contribution in [0.1, 0.15) is 0 Å². The standard InChI is InChI=1S/C15H16BrN3O/c1-18(2)14-6-8-19(9-7-14)11-15(20)17-13-5-3-4-12(16)10-13/h3-10H,11H2,1-2H3/p+1. The van der Waals surface area contributed by atoms with Crippen LogP contribution >= 0.6 is 15.9 Å². The fourth-order valence-electron chi connectivity index (χ4n) is 1.79. The number of carbonyl (C=O) groups excluding carboxylic acids is 1. The van der Waals surface area contributed by atoms with Gasteiger partial charge in [0.05, 0.1) is 0 Å². The second-order valence-corrected chi connectivity index (χ2v) is 5.60. The van der Waals surface area contributed by atoms with Crippen LogP contribution in [-0.4, -0.2) is 20.0 Å². The van der Waals surface area contributed by atoms with Gasteiger partial charge in [-0.15, -0.1) is 0 Å². The smallest absolute Gasteiger partial charge is 0.290 e. The van der Waals surface area contributed by atoms with E-state index in [-0.39, 0.29) is 5.91 Å². The molecule has 104 valence electrons. The van der Waals surface area contributed by atoms with E-state index in [1.165, 1.54) is 0 Å². The van der Waals surface area contributed by atoms with Crippen LogP contribution < -0.4 is 14.8 Å². The first-order valence-corrected chi connectivity index (χ1v) is 7.06. The Bertz CT molecular complexity index is 596. The highest BCUT2D eigenvalue weighted by Crippen LogP contribution is 2.15. The zero-order chi connectivity index (χ0) is 14.5. The van der Waals surface area contributed by atoms with Gasteiger partial charge in [-0.3, -0.25) is 4.79 Å². The van der Waals surface area contributed by atoms with Crippen molar-refractivity contribution in [3.05, 3.63) is 53.3 Å². The van der Waals surface area contributed by atoms with Crippen molar-refractivity contribution in [3.8, 4) is 0 Å². The molecule has 1 N–H and O–H groups in total. The van der Waals surface area contributed by atoms with Crippen molar-refractivity contribution in [2.45, 2.75) is 6.54 Å². The van der Waals surface area contributed by atoms with Crippen LogP contribution in [0, 0.1) is 0 Å². The van der Waals surface area contributed by atoms with E-state index in [1.54, 1.807) is 0 Å². The maximum Gasteiger partial charge on any atom is 0.290 e. The topological polar surface area (TPSA) is 36.2 Å². The number of nitrogens with one attached hydrogen (secondary N) is 1. The summed E-state index contributed by atoms with van der Waals surface area (Å²) in [5, 5.41) is 2.87. The van der Waals surface area contributed by atoms with E-state index >= 15 is 0 Å². The molecule has 0 saturated heterocycles. The Balaban J connectivity index is 1.97. The minimum atomic E-state index is -0.0503. The molecule has 2 aromatic rings. The third kappa shape index (κ3) is 4.06. The van der Waals surface area contributed by atoms with Crippen LogP contribution in [0.15, 0.2) is 53.3 Å². The van der Waals surface area contributed by atoms with Crippen molar-refractivity contribution in [1.82, 2.24) is 0 Å². The molecule has 20 heavy (non-hydrogen) atoms. The van der Waals surface area contributed by atoms with Crippen LogP contribution in [0.5, 0.6) is 0 Å². The summed E-state index contributed by atoms with van der Waals surface area (Å²) < 4.78 is 2.79. The lowest BCUT2D eigenvalue weighted by molar-refractivity contribution is -0.684. The molecule has 5 heteroatoms. The highest BCUT2D eigenvalue weighted by atomic mass is 79.9. The van der Waals surface area contributed by atoms with E-state index in [1.807, 2.05) is 72.4 Å². The third-order valence-corrected chi connectivity index (χ3v) is 3.32. The Hall–Kier alpha value is -1.88. The third-order valence-electron chi connectivity index (χ3n) is 2.82. The molecule has 0 saturated carbocycles. The maximum atomic E-state index is 12.0. The van der Waals surface area contributed by atoms with Gasteiger partial charge in [-0.25, -0.2) is 0 Å². The number of amides is 1. The van der Waals surface area contributed by atoms with Crippen LogP contribution in [0.2, 0.25) is 0 Å². The molecule has 0 aliphatic rings. The fraction of sp³-hybridized carbons (Fsp3) is 0.200. The average molecular weight is 335 g/mol. The summed E-state index contributed by atoms with van der Waals surface area (Å²) in [5.41, 5.74) is 1.89. The summed E-state index contributed by atoms with van der Waals surface area (Å²) in [5.74, 6) is -0.0503. The van der Waals surface area contributed by atoms with Crippen LogP contribution in [0.3, 0.4) is 0 Å². The number of halogens is 1. The second-order valence-electron chi connectivity index (χ2n) is 4.68. The van der Waals surface area contributed by atoms with Gasteiger partial charge in [0.25, 0.3) is 5.91 Å². The van der Waals surface area contributed by atoms with E-state index < -0.39 is 0 Å². The van der Waals surface area contributed by atoms with Gasteiger partial charge < -0.3 is 10.2 Å². The Morgan fingerprint density at radius 2 is 1.95 bits per heavy atom. The van der Waals surface area contributed by atoms with Crippen molar-refractivity contribution in [2.75, 3.05) is 24.3 Å². The highest BCUT2D eigenvalue weighted by Gasteiger charge is 2.10. The van der Waals surface area contributed by atoms with Crippen molar-refractivity contribution < 1.29 is 9.36 Å². The number of benzene rings is 1. The molecule has 1 aromatic carbocycles. The summed E-state index contributed by atoms with van der Waals surface area (Å²) in [6.45, 7) is 0.292. The monoisotopic (exact) mass is 334 g/mol. The van der Waals surface area contributed by atoms with Crippen LogP contribution in [0.4, 0.5) is 11.4 Å². The molecule has 0 spiro atoms. The first-order chi connectivity index (χ1) is 9.54. The Labute approximate surface area is 127 Å². The molecule has 0 aliphatic carbocycles. The van der Waals surface area contributed by atoms with Gasteiger partial charge in [-0.05, 0) is 18.2 Å². The predicted octanol–water partition coefficient (Wildman–Crippen LogP) is 2.44. The van der Waals surface area contributed by atoms with E-state index in [0.717, 1.165) is 15.8 Å². The summed E-state index contributed by atoms with van der Waals surface area (Å²) in [6, 6.07) is 11.5. The van der Waals surface area contributed by atoms with Gasteiger partial charge in [0.15, 0.2) is 12.4 Å². The van der Waals surface area contributed by atoms with Gasteiger partial charge >= 0.3 is 0 Å². The molecule has 1 amide bonds. The summed E-state index contributed by atoms with van der Waals surface area (Å²) in [7, 11) is 3.97. The number of rotatable bonds is 4. The Morgan fingerprint density at radius 1 is 1.25 bits per heavy atom. The first-order valence-electron chi connectivity index (χ1n) is 6.26. The molecule has 0 atom stereocenters. The molecule has 1 heterocycles. The van der Waals surface area contributed by atoms with E-state index in [2.05, 4.69) is 21.2 Å². The number of hydrogen-bond donors (Lipinski definition) is 1. The number of anilines is 2. The minimum absolute atomic E-state index is 0.0503. The van der Waals surface area contributed by atoms with Crippen LogP contribution in [-0.2, 0) is 11.3 Å². The number of hydrogen-bond acceptors (Lipinski definition) is 2. The number of pyridine rings is 1. The number of nitrogens with zero attached hydrogens (tertiary/aromatic N) is 2. The van der Waals surface area contributed by atoms with Crippen molar-refractivity contribution in [3.63, 3.8) is 0 Å². The number of carbonyl (C=O) groups is 1. The SMILES string of the molecule is CN(C)c1cc[n+](CC(=O)Nc2cccc(Br)c2)cc1. The largest absolute Gasteiger partial charge is 0.377 e. The fourth-order valence-corrected chi connectivity index (χ4v) is 2.18.